The van der Waals surface area contributed by atoms with Gasteiger partial charge in [-0.05, 0) is 12.2 Å². The summed E-state index contributed by atoms with van der Waals surface area (Å²) in [6.07, 6.45) is 2.11. The number of thioether (sulfide) groups is 1. The van der Waals surface area contributed by atoms with Crippen LogP contribution in [0.25, 0.3) is 0 Å². The molecule has 0 aliphatic heterocycles. The Labute approximate surface area is 79.0 Å². The molecule has 0 radical (unpaired) electrons. The maximum absolute atomic E-state index is 11.1. The van der Waals surface area contributed by atoms with Crippen molar-refractivity contribution in [1.82, 2.24) is 15.2 Å². The molecule has 72 valence electrons. The Hall–Kier alpha value is -1.04. The molecule has 1 rings (SSSR count). The fourth-order valence-corrected chi connectivity index (χ4v) is 1.67. The van der Waals surface area contributed by atoms with Crippen LogP contribution < -0.4 is 11.2 Å². The average Bonchev–Trinajstić information content (AvgIpc) is 2.09. The van der Waals surface area contributed by atoms with Crippen molar-refractivity contribution in [3.63, 3.8) is 0 Å². The van der Waals surface area contributed by atoms with Crippen LogP contribution in [-0.4, -0.2) is 20.9 Å². The molecule has 2 N–H and O–H groups in total. The summed E-state index contributed by atoms with van der Waals surface area (Å²) in [6.45, 7) is 2.07. The third kappa shape index (κ3) is 3.06. The van der Waals surface area contributed by atoms with Crippen molar-refractivity contribution in [2.75, 3.05) is 5.75 Å². The lowest BCUT2D eigenvalue weighted by atomic mass is 10.4. The van der Waals surface area contributed by atoms with Gasteiger partial charge in [-0.2, -0.15) is 5.10 Å². The van der Waals surface area contributed by atoms with Crippen molar-refractivity contribution in [2.45, 2.75) is 24.8 Å². The third-order valence-corrected chi connectivity index (χ3v) is 2.46. The summed E-state index contributed by atoms with van der Waals surface area (Å²) in [5, 5.41) is 6.14. The molecule has 1 aromatic heterocycles. The Morgan fingerprint density at radius 1 is 1.46 bits per heavy atom. The lowest BCUT2D eigenvalue weighted by Gasteiger charge is -1.95. The summed E-state index contributed by atoms with van der Waals surface area (Å²) in [4.78, 5) is 23.8. The molecule has 0 atom stereocenters. The number of rotatable bonds is 4. The van der Waals surface area contributed by atoms with Crippen LogP contribution in [0.4, 0.5) is 0 Å². The lowest BCUT2D eigenvalue weighted by molar-refractivity contribution is 0.804. The van der Waals surface area contributed by atoms with Gasteiger partial charge in [0.2, 0.25) is 0 Å². The van der Waals surface area contributed by atoms with Gasteiger partial charge in [-0.15, -0.1) is 0 Å². The Morgan fingerprint density at radius 3 is 2.85 bits per heavy atom. The van der Waals surface area contributed by atoms with Crippen LogP contribution >= 0.6 is 11.8 Å². The van der Waals surface area contributed by atoms with Crippen LogP contribution in [0.1, 0.15) is 19.8 Å². The van der Waals surface area contributed by atoms with Crippen LogP contribution in [0.3, 0.4) is 0 Å². The fourth-order valence-electron chi connectivity index (χ4n) is 0.748. The van der Waals surface area contributed by atoms with Gasteiger partial charge in [-0.3, -0.25) is 9.78 Å². The molecule has 13 heavy (non-hydrogen) atoms. The zero-order chi connectivity index (χ0) is 9.68. The molecule has 0 spiro atoms. The molecular weight excluding hydrogens is 190 g/mol. The number of nitrogens with zero attached hydrogens (tertiary/aromatic N) is 1. The first-order valence-corrected chi connectivity index (χ1v) is 5.04. The highest BCUT2D eigenvalue weighted by Gasteiger charge is 2.01. The number of aromatic nitrogens is 3. The molecule has 0 unspecified atom stereocenters. The second kappa shape index (κ2) is 4.86. The molecule has 6 heteroatoms. The van der Waals surface area contributed by atoms with Crippen LogP contribution in [0.2, 0.25) is 0 Å². The second-order valence-electron chi connectivity index (χ2n) is 2.51. The van der Waals surface area contributed by atoms with E-state index < -0.39 is 11.2 Å². The van der Waals surface area contributed by atoms with Crippen LogP contribution in [0.15, 0.2) is 14.6 Å². The van der Waals surface area contributed by atoms with Crippen LogP contribution in [-0.2, 0) is 0 Å². The molecule has 0 bridgehead atoms. The Balaban J connectivity index is 2.67. The topological polar surface area (TPSA) is 78.6 Å². The molecule has 0 aromatic carbocycles. The third-order valence-electron chi connectivity index (χ3n) is 1.42. The minimum atomic E-state index is -0.565. The number of hydrogen-bond acceptors (Lipinski definition) is 4. The average molecular weight is 201 g/mol. The van der Waals surface area contributed by atoms with Crippen molar-refractivity contribution in [1.29, 1.82) is 0 Å². The summed E-state index contributed by atoms with van der Waals surface area (Å²) in [7, 11) is 0. The number of nitrogens with one attached hydrogen (secondary N) is 2. The highest BCUT2D eigenvalue weighted by atomic mass is 32.2. The quantitative estimate of drug-likeness (QED) is 0.544. The molecule has 0 saturated heterocycles. The van der Waals surface area contributed by atoms with E-state index in [9.17, 15) is 9.59 Å². The Kier molecular flexibility index (Phi) is 3.75. The van der Waals surface area contributed by atoms with E-state index in [-0.39, 0.29) is 0 Å². The van der Waals surface area contributed by atoms with E-state index in [0.29, 0.717) is 5.03 Å². The number of unbranched alkanes of at least 4 members (excludes halogenated alkanes) is 1. The Bertz CT molecular complexity index is 370. The van der Waals surface area contributed by atoms with E-state index in [4.69, 9.17) is 0 Å². The lowest BCUT2D eigenvalue weighted by Crippen LogP contribution is -2.25. The minimum Gasteiger partial charge on any atom is -0.271 e. The van der Waals surface area contributed by atoms with Gasteiger partial charge < -0.3 is 0 Å². The van der Waals surface area contributed by atoms with Gasteiger partial charge in [-0.1, -0.05) is 25.1 Å². The zero-order valence-corrected chi connectivity index (χ0v) is 8.11. The van der Waals surface area contributed by atoms with Gasteiger partial charge in [-0.25, -0.2) is 9.89 Å². The standard InChI is InChI=1S/C7H11N3O2S/c1-2-3-4-13-6-5(11)8-7(12)10-9-6/h2-4H2,1H3,(H2,8,10,11,12). The first kappa shape index (κ1) is 10.0. The van der Waals surface area contributed by atoms with E-state index in [1.807, 2.05) is 0 Å². The number of H-pyrrole nitrogens is 2. The van der Waals surface area contributed by atoms with E-state index in [1.165, 1.54) is 11.8 Å². The molecule has 1 aromatic rings. The molecule has 1 heterocycles. The molecule has 5 nitrogen and oxygen atoms in total. The second-order valence-corrected chi connectivity index (χ2v) is 3.60. The maximum atomic E-state index is 11.1. The molecule has 0 aliphatic rings. The summed E-state index contributed by atoms with van der Waals surface area (Å²) < 4.78 is 0. The van der Waals surface area contributed by atoms with Crippen molar-refractivity contribution in [2.24, 2.45) is 0 Å². The minimum absolute atomic E-state index is 0.327. The highest BCUT2D eigenvalue weighted by Crippen LogP contribution is 2.10. The zero-order valence-electron chi connectivity index (χ0n) is 7.29. The highest BCUT2D eigenvalue weighted by molar-refractivity contribution is 7.99. The van der Waals surface area contributed by atoms with Gasteiger partial charge in [0.25, 0.3) is 5.56 Å². The SMILES string of the molecule is CCCCSc1n[nH]c(=O)[nH]c1=O. The van der Waals surface area contributed by atoms with Gasteiger partial charge in [0, 0.05) is 0 Å². The van der Waals surface area contributed by atoms with Crippen LogP contribution in [0, 0.1) is 0 Å². The van der Waals surface area contributed by atoms with E-state index in [2.05, 4.69) is 22.1 Å². The summed E-state index contributed by atoms with van der Waals surface area (Å²) in [6, 6.07) is 0. The maximum Gasteiger partial charge on any atom is 0.342 e. The predicted octanol–water partition coefficient (Wildman–Crippen LogP) is 0.350. The molecule has 0 amide bonds. The van der Waals surface area contributed by atoms with Crippen molar-refractivity contribution < 1.29 is 0 Å². The first-order chi connectivity index (χ1) is 6.24. The van der Waals surface area contributed by atoms with Gasteiger partial charge in [0.05, 0.1) is 0 Å². The molecule has 0 saturated carbocycles. The van der Waals surface area contributed by atoms with E-state index in [1.54, 1.807) is 0 Å². The van der Waals surface area contributed by atoms with E-state index >= 15 is 0 Å². The van der Waals surface area contributed by atoms with Gasteiger partial charge in [0.1, 0.15) is 0 Å². The summed E-state index contributed by atoms with van der Waals surface area (Å²) >= 11 is 1.36. The van der Waals surface area contributed by atoms with E-state index in [0.717, 1.165) is 18.6 Å². The first-order valence-electron chi connectivity index (χ1n) is 4.06. The van der Waals surface area contributed by atoms with Gasteiger partial charge >= 0.3 is 5.69 Å². The monoisotopic (exact) mass is 201 g/mol. The Morgan fingerprint density at radius 2 is 2.23 bits per heavy atom. The van der Waals surface area contributed by atoms with Crippen molar-refractivity contribution >= 4 is 11.8 Å². The summed E-state index contributed by atoms with van der Waals surface area (Å²) in [5.41, 5.74) is -0.977. The number of hydrogen-bond donors (Lipinski definition) is 2. The molecule has 0 fully saturated rings. The predicted molar refractivity (Wildman–Crippen MR) is 51.1 cm³/mol. The van der Waals surface area contributed by atoms with Gasteiger partial charge in [0.15, 0.2) is 5.03 Å². The molecular formula is C7H11N3O2S. The normalized spacial score (nSPS) is 10.2. The summed E-state index contributed by atoms with van der Waals surface area (Å²) in [5.74, 6) is 0.846. The fraction of sp³-hybridized carbons (Fsp3) is 0.571. The van der Waals surface area contributed by atoms with Crippen molar-refractivity contribution in [3.8, 4) is 0 Å². The van der Waals surface area contributed by atoms with Crippen LogP contribution in [0.5, 0.6) is 0 Å². The number of aromatic amines is 2. The smallest absolute Gasteiger partial charge is 0.271 e. The molecule has 0 aliphatic carbocycles. The van der Waals surface area contributed by atoms with Crippen molar-refractivity contribution in [3.05, 3.63) is 20.8 Å². The largest absolute Gasteiger partial charge is 0.342 e.